The first-order chi connectivity index (χ1) is 22.2. The Morgan fingerprint density at radius 3 is 1.53 bits per heavy atom. The van der Waals surface area contributed by atoms with Crippen LogP contribution >= 0.6 is 0 Å². The number of hydrogen-bond donors (Lipinski definition) is 2. The second kappa shape index (κ2) is 11.3. The molecular formula is C43H30N2. The molecule has 2 heteroatoms. The molecule has 8 rings (SSSR count). The van der Waals surface area contributed by atoms with Crippen molar-refractivity contribution < 1.29 is 0 Å². The maximum absolute atomic E-state index is 8.48. The van der Waals surface area contributed by atoms with E-state index < -0.39 is 0 Å². The first-order valence-electron chi connectivity index (χ1n) is 15.3. The molecule has 0 saturated heterocycles. The number of hydrogen-bond acceptors (Lipinski definition) is 1. The van der Waals surface area contributed by atoms with Crippen LogP contribution in [0.3, 0.4) is 0 Å². The highest BCUT2D eigenvalue weighted by molar-refractivity contribution is 6.22. The van der Waals surface area contributed by atoms with Crippen LogP contribution in [0.15, 0.2) is 170 Å². The van der Waals surface area contributed by atoms with Crippen molar-refractivity contribution in [2.75, 3.05) is 5.32 Å². The molecule has 0 atom stereocenters. The summed E-state index contributed by atoms with van der Waals surface area (Å²) in [5.74, 6) is 0.388. The van der Waals surface area contributed by atoms with Gasteiger partial charge >= 0.3 is 0 Å². The van der Waals surface area contributed by atoms with Crippen LogP contribution in [0.4, 0.5) is 5.69 Å². The highest BCUT2D eigenvalue weighted by atomic mass is 14.9. The van der Waals surface area contributed by atoms with Gasteiger partial charge in [0.15, 0.2) is 0 Å². The van der Waals surface area contributed by atoms with Gasteiger partial charge in [-0.1, -0.05) is 146 Å². The van der Waals surface area contributed by atoms with Gasteiger partial charge in [0.05, 0.1) is 0 Å². The van der Waals surface area contributed by atoms with Gasteiger partial charge in [0.25, 0.3) is 0 Å². The molecule has 212 valence electrons. The summed E-state index contributed by atoms with van der Waals surface area (Å²) in [6.45, 7) is 0. The van der Waals surface area contributed by atoms with E-state index >= 15 is 0 Å². The van der Waals surface area contributed by atoms with E-state index in [0.29, 0.717) is 5.84 Å². The van der Waals surface area contributed by atoms with Crippen molar-refractivity contribution in [2.24, 2.45) is 0 Å². The zero-order valence-electron chi connectivity index (χ0n) is 24.7. The number of nitrogens with one attached hydrogen (secondary N) is 2. The molecule has 0 heterocycles. The van der Waals surface area contributed by atoms with Crippen LogP contribution < -0.4 is 5.32 Å². The first kappa shape index (κ1) is 26.6. The molecule has 0 spiro atoms. The SMILES string of the molecule is N=C(Nc1ccc2cc(-c3ccc4c(-c5ccccc5)c5ccccc5c(-c5ccccc5)c4c3)ccc2c1)c1ccccc1. The lowest BCUT2D eigenvalue weighted by atomic mass is 9.85. The smallest absolute Gasteiger partial charge is 0.129 e. The van der Waals surface area contributed by atoms with Crippen LogP contribution in [0, 0.1) is 5.41 Å². The van der Waals surface area contributed by atoms with Crippen molar-refractivity contribution in [3.63, 3.8) is 0 Å². The molecule has 0 fully saturated rings. The van der Waals surface area contributed by atoms with Gasteiger partial charge < -0.3 is 5.32 Å². The van der Waals surface area contributed by atoms with Crippen LogP contribution in [-0.2, 0) is 0 Å². The molecule has 8 aromatic carbocycles. The lowest BCUT2D eigenvalue weighted by Crippen LogP contribution is -2.11. The van der Waals surface area contributed by atoms with Crippen molar-refractivity contribution >= 4 is 43.8 Å². The topological polar surface area (TPSA) is 35.9 Å². The lowest BCUT2D eigenvalue weighted by Gasteiger charge is -2.19. The molecule has 0 aliphatic heterocycles. The standard InChI is InChI=1S/C43H30N2/c44-43(31-16-8-3-9-17-31)45-36-24-22-33-26-32(20-21-34(33)27-36)35-23-25-39-40(28-35)42(30-14-6-2-7-15-30)38-19-11-10-18-37(38)41(39)29-12-4-1-5-13-29/h1-28H,(H2,44,45). The highest BCUT2D eigenvalue weighted by Crippen LogP contribution is 2.44. The van der Waals surface area contributed by atoms with Crippen molar-refractivity contribution in [2.45, 2.75) is 0 Å². The van der Waals surface area contributed by atoms with E-state index in [1.165, 1.54) is 54.9 Å². The Bertz CT molecular complexity index is 2340. The minimum absolute atomic E-state index is 0.388. The van der Waals surface area contributed by atoms with Gasteiger partial charge in [0.2, 0.25) is 0 Å². The molecule has 0 aliphatic carbocycles. The molecule has 0 radical (unpaired) electrons. The van der Waals surface area contributed by atoms with Crippen LogP contribution in [0.1, 0.15) is 5.56 Å². The Balaban J connectivity index is 1.27. The summed E-state index contributed by atoms with van der Waals surface area (Å²) in [6, 6.07) is 60.0. The number of anilines is 1. The second-order valence-electron chi connectivity index (χ2n) is 11.4. The van der Waals surface area contributed by atoms with Crippen LogP contribution in [-0.4, -0.2) is 5.84 Å². The molecular weight excluding hydrogens is 544 g/mol. The van der Waals surface area contributed by atoms with E-state index in [0.717, 1.165) is 22.0 Å². The van der Waals surface area contributed by atoms with Crippen LogP contribution in [0.5, 0.6) is 0 Å². The number of rotatable bonds is 5. The fraction of sp³-hybridized carbons (Fsp3) is 0. The maximum Gasteiger partial charge on any atom is 0.129 e. The summed E-state index contributed by atoms with van der Waals surface area (Å²) in [7, 11) is 0. The summed E-state index contributed by atoms with van der Waals surface area (Å²) in [6.07, 6.45) is 0. The highest BCUT2D eigenvalue weighted by Gasteiger charge is 2.17. The summed E-state index contributed by atoms with van der Waals surface area (Å²) < 4.78 is 0. The third-order valence-corrected chi connectivity index (χ3v) is 8.65. The summed E-state index contributed by atoms with van der Waals surface area (Å²) >= 11 is 0. The predicted molar refractivity (Wildman–Crippen MR) is 192 cm³/mol. The minimum atomic E-state index is 0.388. The molecule has 0 amide bonds. The van der Waals surface area contributed by atoms with Gasteiger partial charge in [0, 0.05) is 11.3 Å². The van der Waals surface area contributed by atoms with Crippen molar-refractivity contribution in [3.8, 4) is 33.4 Å². The van der Waals surface area contributed by atoms with Gasteiger partial charge in [-0.3, -0.25) is 5.41 Å². The average Bonchev–Trinajstić information content (AvgIpc) is 3.11. The normalized spacial score (nSPS) is 11.2. The number of amidine groups is 1. The third kappa shape index (κ3) is 4.93. The molecule has 45 heavy (non-hydrogen) atoms. The monoisotopic (exact) mass is 574 g/mol. The largest absolute Gasteiger partial charge is 0.340 e. The van der Waals surface area contributed by atoms with E-state index in [2.05, 4.69) is 145 Å². The zero-order chi connectivity index (χ0) is 30.2. The van der Waals surface area contributed by atoms with E-state index in [9.17, 15) is 0 Å². The van der Waals surface area contributed by atoms with Crippen LogP contribution in [0.25, 0.3) is 65.7 Å². The number of benzene rings is 8. The molecule has 0 saturated carbocycles. The van der Waals surface area contributed by atoms with Gasteiger partial charge in [-0.2, -0.15) is 0 Å². The molecule has 8 aromatic rings. The van der Waals surface area contributed by atoms with Crippen molar-refractivity contribution in [1.82, 2.24) is 0 Å². The maximum atomic E-state index is 8.48. The average molecular weight is 575 g/mol. The van der Waals surface area contributed by atoms with E-state index in [1.54, 1.807) is 0 Å². The van der Waals surface area contributed by atoms with E-state index in [1.807, 2.05) is 30.3 Å². The summed E-state index contributed by atoms with van der Waals surface area (Å²) in [5.41, 5.74) is 9.10. The Morgan fingerprint density at radius 1 is 0.378 bits per heavy atom. The molecule has 0 unspecified atom stereocenters. The number of fused-ring (bicyclic) bond motifs is 3. The molecule has 0 aromatic heterocycles. The second-order valence-corrected chi connectivity index (χ2v) is 11.4. The Hall–Kier alpha value is -5.99. The fourth-order valence-electron chi connectivity index (χ4n) is 6.51. The van der Waals surface area contributed by atoms with Crippen molar-refractivity contribution in [3.05, 3.63) is 175 Å². The Kier molecular flexibility index (Phi) is 6.66. The van der Waals surface area contributed by atoms with E-state index in [4.69, 9.17) is 5.41 Å². The quantitative estimate of drug-likeness (QED) is 0.120. The first-order valence-corrected chi connectivity index (χ1v) is 15.3. The molecule has 2 nitrogen and oxygen atoms in total. The summed E-state index contributed by atoms with van der Waals surface area (Å²) in [5, 5.41) is 19.0. The molecule has 2 N–H and O–H groups in total. The van der Waals surface area contributed by atoms with Crippen LogP contribution in [0.2, 0.25) is 0 Å². The Labute approximate surface area is 262 Å². The molecule has 0 aliphatic rings. The van der Waals surface area contributed by atoms with Gasteiger partial charge in [-0.15, -0.1) is 0 Å². The minimum Gasteiger partial charge on any atom is -0.340 e. The Morgan fingerprint density at radius 2 is 0.867 bits per heavy atom. The summed E-state index contributed by atoms with van der Waals surface area (Å²) in [4.78, 5) is 0. The fourth-order valence-corrected chi connectivity index (χ4v) is 6.51. The van der Waals surface area contributed by atoms with Gasteiger partial charge in [-0.25, -0.2) is 0 Å². The third-order valence-electron chi connectivity index (χ3n) is 8.65. The lowest BCUT2D eigenvalue weighted by molar-refractivity contribution is 1.45. The van der Waals surface area contributed by atoms with Gasteiger partial charge in [-0.05, 0) is 90.0 Å². The predicted octanol–water partition coefficient (Wildman–Crippen LogP) is 11.6. The zero-order valence-corrected chi connectivity index (χ0v) is 24.7. The van der Waals surface area contributed by atoms with E-state index in [-0.39, 0.29) is 0 Å². The van der Waals surface area contributed by atoms with Gasteiger partial charge in [0.1, 0.15) is 5.84 Å². The molecule has 0 bridgehead atoms. The van der Waals surface area contributed by atoms with Crippen molar-refractivity contribution in [1.29, 1.82) is 5.41 Å².